The topological polar surface area (TPSA) is 20.2 Å². The molecule has 0 radical (unpaired) electrons. The van der Waals surface area contributed by atoms with E-state index in [1.54, 1.807) is 5.57 Å². The van der Waals surface area contributed by atoms with Crippen LogP contribution in [0.5, 0.6) is 0 Å². The van der Waals surface area contributed by atoms with E-state index in [-0.39, 0.29) is 5.41 Å². The number of allylic oxidation sites excluding steroid dienone is 2. The highest BCUT2D eigenvalue weighted by Crippen LogP contribution is 2.65. The highest BCUT2D eigenvalue weighted by molar-refractivity contribution is 5.22. The van der Waals surface area contributed by atoms with E-state index < -0.39 is 5.60 Å². The maximum atomic E-state index is 11.2. The first kappa shape index (κ1) is 14.8. The summed E-state index contributed by atoms with van der Waals surface area (Å²) < 4.78 is 0. The quantitative estimate of drug-likeness (QED) is 0.532. The van der Waals surface area contributed by atoms with Gasteiger partial charge in [0.25, 0.3) is 0 Å². The Labute approximate surface area is 135 Å². The summed E-state index contributed by atoms with van der Waals surface area (Å²) in [6.45, 7) is 6.07. The predicted molar refractivity (Wildman–Crippen MR) is 90.4 cm³/mol. The number of rotatable bonds is 1. The van der Waals surface area contributed by atoms with Gasteiger partial charge in [-0.3, -0.25) is 0 Å². The lowest BCUT2D eigenvalue weighted by molar-refractivity contribution is -0.0906. The van der Waals surface area contributed by atoms with Gasteiger partial charge in [-0.2, -0.15) is 0 Å². The van der Waals surface area contributed by atoms with E-state index in [9.17, 15) is 5.11 Å². The second kappa shape index (κ2) is 5.11. The first-order valence-electron chi connectivity index (χ1n) is 9.37. The molecule has 0 spiro atoms. The molecule has 22 heavy (non-hydrogen) atoms. The molecular weight excluding hydrogens is 268 g/mol. The van der Waals surface area contributed by atoms with Gasteiger partial charge in [0.15, 0.2) is 0 Å². The second-order valence-electron chi connectivity index (χ2n) is 8.56. The van der Waals surface area contributed by atoms with Crippen molar-refractivity contribution < 1.29 is 5.11 Å². The molecule has 0 aliphatic heterocycles. The van der Waals surface area contributed by atoms with Gasteiger partial charge in [-0.25, -0.2) is 0 Å². The average Bonchev–Trinajstić information content (AvgIpc) is 2.79. The van der Waals surface area contributed by atoms with Crippen LogP contribution in [0.4, 0.5) is 0 Å². The summed E-state index contributed by atoms with van der Waals surface area (Å²) in [5, 5.41) is 11.2. The number of aliphatic hydroxyl groups is 1. The minimum absolute atomic E-state index is 0.0503. The highest BCUT2D eigenvalue weighted by atomic mass is 16.3. The molecule has 1 heteroatoms. The third kappa shape index (κ3) is 1.88. The summed E-state index contributed by atoms with van der Waals surface area (Å²) in [5.74, 6) is 3.31. The summed E-state index contributed by atoms with van der Waals surface area (Å²) in [4.78, 5) is 0. The summed E-state index contributed by atoms with van der Waals surface area (Å²) in [6.07, 6.45) is 15.8. The van der Waals surface area contributed by atoms with E-state index in [2.05, 4.69) is 25.3 Å². The molecule has 4 rings (SSSR count). The fraction of sp³-hybridized carbons (Fsp3) is 0.762. The summed E-state index contributed by atoms with van der Waals surface area (Å²) in [7, 11) is 0. The van der Waals surface area contributed by atoms with E-state index in [4.69, 9.17) is 0 Å². The second-order valence-corrected chi connectivity index (χ2v) is 8.56. The molecule has 1 N–H and O–H groups in total. The summed E-state index contributed by atoms with van der Waals surface area (Å²) in [5.41, 5.74) is 4.07. The van der Waals surface area contributed by atoms with Gasteiger partial charge in [-0.1, -0.05) is 25.2 Å². The van der Waals surface area contributed by atoms with Crippen LogP contribution in [0.2, 0.25) is 0 Å². The van der Waals surface area contributed by atoms with E-state index in [0.717, 1.165) is 24.2 Å². The molecule has 0 aromatic carbocycles. The smallest absolute Gasteiger partial charge is 0.0956 e. The Morgan fingerprint density at radius 1 is 1.23 bits per heavy atom. The molecule has 3 saturated carbocycles. The van der Waals surface area contributed by atoms with Crippen molar-refractivity contribution in [2.45, 2.75) is 70.3 Å². The third-order valence-corrected chi connectivity index (χ3v) is 7.93. The van der Waals surface area contributed by atoms with Gasteiger partial charge in [0.1, 0.15) is 0 Å². The van der Waals surface area contributed by atoms with Gasteiger partial charge in [0, 0.05) is 5.41 Å². The fourth-order valence-electron chi connectivity index (χ4n) is 6.76. The van der Waals surface area contributed by atoms with Crippen molar-refractivity contribution in [3.63, 3.8) is 0 Å². The summed E-state index contributed by atoms with van der Waals surface area (Å²) >= 11 is 0. The zero-order chi connectivity index (χ0) is 15.4. The van der Waals surface area contributed by atoms with Crippen molar-refractivity contribution >= 4 is 0 Å². The zero-order valence-electron chi connectivity index (χ0n) is 14.0. The molecule has 3 fully saturated rings. The fourth-order valence-corrected chi connectivity index (χ4v) is 6.76. The van der Waals surface area contributed by atoms with Crippen LogP contribution in [-0.2, 0) is 0 Å². The van der Waals surface area contributed by atoms with E-state index in [0.29, 0.717) is 5.92 Å². The van der Waals surface area contributed by atoms with E-state index in [1.807, 2.05) is 6.08 Å². The molecule has 4 aliphatic carbocycles. The lowest BCUT2D eigenvalue weighted by Gasteiger charge is -2.55. The van der Waals surface area contributed by atoms with Crippen LogP contribution in [0.15, 0.2) is 30.0 Å². The monoisotopic (exact) mass is 298 g/mol. The minimum atomic E-state index is -0.660. The first-order chi connectivity index (χ1) is 10.6. The molecule has 6 atom stereocenters. The van der Waals surface area contributed by atoms with Crippen LogP contribution >= 0.6 is 0 Å². The Hall–Kier alpha value is -0.780. The molecule has 0 aromatic rings. The molecule has 0 bridgehead atoms. The number of fused-ring (bicyclic) bond motifs is 5. The van der Waals surface area contributed by atoms with Gasteiger partial charge in [0.2, 0.25) is 0 Å². The maximum Gasteiger partial charge on any atom is 0.0956 e. The van der Waals surface area contributed by atoms with Crippen molar-refractivity contribution in [3.8, 4) is 0 Å². The van der Waals surface area contributed by atoms with Crippen molar-refractivity contribution in [2.75, 3.05) is 0 Å². The normalized spacial score (nSPS) is 50.2. The van der Waals surface area contributed by atoms with Crippen LogP contribution in [0.1, 0.15) is 64.7 Å². The SMILES string of the molecule is C=C=C[C@]1(O)CC[C@H]2[C@@H]3CCC4=CCCC[C@@H]4[C@H]3CC[C@@]21C. The zero-order valence-corrected chi connectivity index (χ0v) is 14.0. The predicted octanol–water partition coefficient (Wildman–Crippen LogP) is 5.02. The van der Waals surface area contributed by atoms with E-state index >= 15 is 0 Å². The molecule has 4 aliphatic rings. The van der Waals surface area contributed by atoms with Crippen molar-refractivity contribution in [2.24, 2.45) is 29.1 Å². The molecule has 120 valence electrons. The van der Waals surface area contributed by atoms with E-state index in [1.165, 1.54) is 51.4 Å². The average molecular weight is 298 g/mol. The van der Waals surface area contributed by atoms with Gasteiger partial charge < -0.3 is 5.11 Å². The molecule has 1 nitrogen and oxygen atoms in total. The highest BCUT2D eigenvalue weighted by Gasteiger charge is 2.61. The van der Waals surface area contributed by atoms with Crippen LogP contribution in [-0.4, -0.2) is 10.7 Å². The first-order valence-corrected chi connectivity index (χ1v) is 9.37. The van der Waals surface area contributed by atoms with Gasteiger partial charge >= 0.3 is 0 Å². The molecule has 0 saturated heterocycles. The standard InChI is InChI=1S/C21H30O/c1-3-12-21(22)14-11-19-18-9-8-15-6-4-5-7-16(15)17(18)10-13-20(19,21)2/h6,12,16-19,22H,1,4-5,7-11,13-14H2,2H3/t16-,17+,18+,19-,20-,21-/m0/s1. The minimum Gasteiger partial charge on any atom is -0.385 e. The number of hydrogen-bond donors (Lipinski definition) is 1. The molecule has 0 amide bonds. The summed E-state index contributed by atoms with van der Waals surface area (Å²) in [6, 6.07) is 0. The molecule has 0 unspecified atom stereocenters. The molecule has 0 aromatic heterocycles. The lowest BCUT2D eigenvalue weighted by Crippen LogP contribution is -2.51. The Balaban J connectivity index is 1.65. The Morgan fingerprint density at radius 3 is 2.91 bits per heavy atom. The van der Waals surface area contributed by atoms with Crippen LogP contribution < -0.4 is 0 Å². The maximum absolute atomic E-state index is 11.2. The Bertz CT molecular complexity index is 540. The molecule has 0 heterocycles. The Morgan fingerprint density at radius 2 is 2.09 bits per heavy atom. The van der Waals surface area contributed by atoms with Crippen LogP contribution in [0, 0.1) is 29.1 Å². The third-order valence-electron chi connectivity index (χ3n) is 7.93. The van der Waals surface area contributed by atoms with Gasteiger partial charge in [-0.05, 0) is 87.5 Å². The lowest BCUT2D eigenvalue weighted by atomic mass is 9.50. The van der Waals surface area contributed by atoms with Gasteiger partial charge in [0.05, 0.1) is 5.60 Å². The van der Waals surface area contributed by atoms with Crippen LogP contribution in [0.3, 0.4) is 0 Å². The number of hydrogen-bond acceptors (Lipinski definition) is 1. The molecular formula is C21H30O. The van der Waals surface area contributed by atoms with Crippen LogP contribution in [0.25, 0.3) is 0 Å². The van der Waals surface area contributed by atoms with Gasteiger partial charge in [-0.15, -0.1) is 5.73 Å². The largest absolute Gasteiger partial charge is 0.385 e. The Kier molecular flexibility index (Phi) is 3.44. The van der Waals surface area contributed by atoms with Crippen molar-refractivity contribution in [1.29, 1.82) is 0 Å². The van der Waals surface area contributed by atoms with Crippen molar-refractivity contribution in [1.82, 2.24) is 0 Å². The van der Waals surface area contributed by atoms with Crippen molar-refractivity contribution in [3.05, 3.63) is 30.0 Å².